The van der Waals surface area contributed by atoms with Crippen molar-refractivity contribution in [2.24, 2.45) is 5.92 Å². The second-order valence-electron chi connectivity index (χ2n) is 10.5. The predicted octanol–water partition coefficient (Wildman–Crippen LogP) is 4.97. The molecule has 7 heteroatoms. The predicted molar refractivity (Wildman–Crippen MR) is 150 cm³/mol. The lowest BCUT2D eigenvalue weighted by Crippen LogP contribution is -2.50. The third kappa shape index (κ3) is 9.46. The number of aromatic nitrogens is 1. The summed E-state index contributed by atoms with van der Waals surface area (Å²) in [5.41, 5.74) is 0.674. The van der Waals surface area contributed by atoms with Gasteiger partial charge in [0, 0.05) is 36.5 Å². The van der Waals surface area contributed by atoms with Gasteiger partial charge < -0.3 is 24.6 Å². The summed E-state index contributed by atoms with van der Waals surface area (Å²) in [5.74, 6) is 1.44. The molecule has 0 radical (unpaired) electrons. The quantitative estimate of drug-likeness (QED) is 0.349. The van der Waals surface area contributed by atoms with Crippen molar-refractivity contribution in [2.75, 3.05) is 39.4 Å². The molecule has 1 aliphatic carbocycles. The number of aliphatic hydroxyl groups is 1. The Morgan fingerprint density at radius 3 is 2.49 bits per heavy atom. The largest absolute Gasteiger partial charge is 0.494 e. The van der Waals surface area contributed by atoms with Crippen LogP contribution in [0.3, 0.4) is 0 Å². The molecule has 1 aromatic carbocycles. The maximum Gasteiger partial charge on any atom is 0.248 e. The van der Waals surface area contributed by atoms with Gasteiger partial charge in [-0.2, -0.15) is 0 Å². The molecule has 1 heterocycles. The summed E-state index contributed by atoms with van der Waals surface area (Å²) in [5, 5.41) is 11.2. The third-order valence-corrected chi connectivity index (χ3v) is 7.76. The van der Waals surface area contributed by atoms with E-state index < -0.39 is 0 Å². The number of aliphatic hydroxyl groups excluding tert-OH is 1. The summed E-state index contributed by atoms with van der Waals surface area (Å²) in [6.45, 7) is 8.13. The van der Waals surface area contributed by atoms with Crippen LogP contribution in [0.2, 0.25) is 0 Å². The van der Waals surface area contributed by atoms with E-state index in [9.17, 15) is 14.7 Å². The molecule has 1 atom stereocenters. The lowest BCUT2D eigenvalue weighted by atomic mass is 9.90. The smallest absolute Gasteiger partial charge is 0.248 e. The van der Waals surface area contributed by atoms with Crippen LogP contribution in [-0.2, 0) is 4.79 Å². The number of carbonyl (C=O) groups excluding carboxylic acids is 1. The number of carbonyl (C=O) groups is 1. The van der Waals surface area contributed by atoms with Gasteiger partial charge in [0.25, 0.3) is 0 Å². The summed E-state index contributed by atoms with van der Waals surface area (Å²) in [4.78, 5) is 32.0. The molecular formula is C30H47N3O4. The summed E-state index contributed by atoms with van der Waals surface area (Å²) in [7, 11) is 0. The number of unbranched alkanes of at least 4 members (excludes halogenated alkanes) is 1. The Hall–Kier alpha value is -2.38. The number of fused-ring (bicyclic) bond motifs is 1. The first-order chi connectivity index (χ1) is 18.0. The standard InChI is InChI=1S/C30H47N3O4/c1-3-32(4-2)22-26(23-34)33(21-24-12-8-6-5-7-9-13-24)30(36)14-10-11-19-37-27-16-17-28-25(20-27)15-18-29(35)31-28/h15-18,20,24,26,34H,3-14,19,21-23H2,1-2H3,(H,31,35)/t26-/m1/s1. The van der Waals surface area contributed by atoms with Crippen molar-refractivity contribution >= 4 is 16.8 Å². The van der Waals surface area contributed by atoms with Crippen LogP contribution in [0.1, 0.15) is 78.1 Å². The molecule has 2 N–H and O–H groups in total. The first kappa shape index (κ1) is 29.2. The second-order valence-corrected chi connectivity index (χ2v) is 10.5. The Balaban J connectivity index is 1.54. The maximum absolute atomic E-state index is 13.5. The van der Waals surface area contributed by atoms with Crippen molar-refractivity contribution < 1.29 is 14.6 Å². The number of pyridine rings is 1. The van der Waals surface area contributed by atoms with Crippen LogP contribution in [0.5, 0.6) is 5.75 Å². The van der Waals surface area contributed by atoms with Crippen molar-refractivity contribution in [2.45, 2.75) is 84.1 Å². The molecule has 0 saturated heterocycles. The fourth-order valence-electron chi connectivity index (χ4n) is 5.42. The van der Waals surface area contributed by atoms with Crippen molar-refractivity contribution in [3.63, 3.8) is 0 Å². The molecule has 206 valence electrons. The number of benzene rings is 1. The van der Waals surface area contributed by atoms with Crippen molar-refractivity contribution in [1.29, 1.82) is 0 Å². The van der Waals surface area contributed by atoms with Gasteiger partial charge in [0.15, 0.2) is 0 Å². The van der Waals surface area contributed by atoms with Crippen LogP contribution in [-0.4, -0.2) is 71.2 Å². The molecule has 0 bridgehead atoms. The van der Waals surface area contributed by atoms with E-state index in [1.54, 1.807) is 6.07 Å². The van der Waals surface area contributed by atoms with Gasteiger partial charge in [-0.3, -0.25) is 9.59 Å². The molecule has 1 saturated carbocycles. The van der Waals surface area contributed by atoms with Crippen molar-refractivity contribution in [3.05, 3.63) is 40.7 Å². The Labute approximate surface area is 222 Å². The lowest BCUT2D eigenvalue weighted by molar-refractivity contribution is -0.136. The maximum atomic E-state index is 13.5. The second kappa shape index (κ2) is 15.8. The van der Waals surface area contributed by atoms with E-state index in [0.29, 0.717) is 18.9 Å². The third-order valence-electron chi connectivity index (χ3n) is 7.76. The Morgan fingerprint density at radius 2 is 1.78 bits per heavy atom. The summed E-state index contributed by atoms with van der Waals surface area (Å²) < 4.78 is 5.92. The zero-order valence-corrected chi connectivity index (χ0v) is 22.9. The lowest BCUT2D eigenvalue weighted by Gasteiger charge is -2.37. The summed E-state index contributed by atoms with van der Waals surface area (Å²) >= 11 is 0. The number of H-pyrrole nitrogens is 1. The number of ether oxygens (including phenoxy) is 1. The Morgan fingerprint density at radius 1 is 1.05 bits per heavy atom. The first-order valence-corrected chi connectivity index (χ1v) is 14.4. The topological polar surface area (TPSA) is 85.9 Å². The fourth-order valence-corrected chi connectivity index (χ4v) is 5.42. The molecule has 1 amide bonds. The van der Waals surface area contributed by atoms with Gasteiger partial charge in [0.1, 0.15) is 5.75 Å². The van der Waals surface area contributed by atoms with Crippen LogP contribution in [0, 0.1) is 5.92 Å². The normalized spacial score (nSPS) is 15.9. The average Bonchev–Trinajstić information content (AvgIpc) is 2.89. The van der Waals surface area contributed by atoms with Crippen molar-refractivity contribution in [3.8, 4) is 5.75 Å². The number of hydrogen-bond donors (Lipinski definition) is 2. The Kier molecular flexibility index (Phi) is 12.4. The van der Waals surface area contributed by atoms with Gasteiger partial charge in [-0.05, 0) is 69.0 Å². The van der Waals surface area contributed by atoms with Gasteiger partial charge in [-0.15, -0.1) is 0 Å². The van der Waals surface area contributed by atoms with E-state index in [4.69, 9.17) is 4.74 Å². The molecule has 0 unspecified atom stereocenters. The highest BCUT2D eigenvalue weighted by molar-refractivity contribution is 5.79. The van der Waals surface area contributed by atoms with Crippen molar-refractivity contribution in [1.82, 2.24) is 14.8 Å². The number of nitrogens with one attached hydrogen (secondary N) is 1. The number of amides is 1. The van der Waals surface area contributed by atoms with Gasteiger partial charge in [0.2, 0.25) is 11.5 Å². The van der Waals surface area contributed by atoms with E-state index in [2.05, 4.69) is 23.7 Å². The van der Waals surface area contributed by atoms with Crippen LogP contribution in [0.25, 0.3) is 10.9 Å². The van der Waals surface area contributed by atoms with E-state index in [0.717, 1.165) is 55.7 Å². The molecule has 37 heavy (non-hydrogen) atoms. The summed E-state index contributed by atoms with van der Waals surface area (Å²) in [6, 6.07) is 8.79. The SMILES string of the molecule is CCN(CC)C[C@H](CO)N(CC1CCCCCCC1)C(=O)CCCCOc1ccc2[nH]c(=O)ccc2c1. The zero-order chi connectivity index (χ0) is 26.5. The minimum Gasteiger partial charge on any atom is -0.494 e. The van der Waals surface area contributed by atoms with Crippen LogP contribution in [0.4, 0.5) is 0 Å². The first-order valence-electron chi connectivity index (χ1n) is 14.4. The molecule has 7 nitrogen and oxygen atoms in total. The van der Waals surface area contributed by atoms with E-state index in [1.165, 1.54) is 51.0 Å². The fraction of sp³-hybridized carbons (Fsp3) is 0.667. The van der Waals surface area contributed by atoms with Crippen LogP contribution in [0.15, 0.2) is 35.1 Å². The number of aromatic amines is 1. The monoisotopic (exact) mass is 513 g/mol. The number of nitrogens with zero attached hydrogens (tertiary/aromatic N) is 2. The molecule has 1 aromatic heterocycles. The Bertz CT molecular complexity index is 996. The van der Waals surface area contributed by atoms with E-state index >= 15 is 0 Å². The molecule has 1 fully saturated rings. The highest BCUT2D eigenvalue weighted by Gasteiger charge is 2.27. The molecule has 1 aliphatic rings. The van der Waals surface area contributed by atoms with Gasteiger partial charge in [-0.25, -0.2) is 0 Å². The molecule has 0 aliphatic heterocycles. The van der Waals surface area contributed by atoms with E-state index in [-0.39, 0.29) is 24.1 Å². The highest BCUT2D eigenvalue weighted by atomic mass is 16.5. The zero-order valence-electron chi connectivity index (χ0n) is 22.9. The average molecular weight is 514 g/mol. The van der Waals surface area contributed by atoms with Gasteiger partial charge in [-0.1, -0.05) is 46.0 Å². The van der Waals surface area contributed by atoms with E-state index in [1.807, 2.05) is 23.1 Å². The molecule has 2 aromatic rings. The van der Waals surface area contributed by atoms with Gasteiger partial charge >= 0.3 is 0 Å². The molecule has 0 spiro atoms. The number of likely N-dealkylation sites (N-methyl/N-ethyl adjacent to an activating group) is 1. The molecule has 3 rings (SSSR count). The summed E-state index contributed by atoms with van der Waals surface area (Å²) in [6.07, 6.45) is 10.8. The minimum atomic E-state index is -0.155. The number of hydrogen-bond acceptors (Lipinski definition) is 5. The highest BCUT2D eigenvalue weighted by Crippen LogP contribution is 2.25. The minimum absolute atomic E-state index is 0.00526. The molecular weight excluding hydrogens is 466 g/mol. The van der Waals surface area contributed by atoms with Crippen LogP contribution >= 0.6 is 0 Å². The number of rotatable bonds is 14. The van der Waals surface area contributed by atoms with Crippen LogP contribution < -0.4 is 10.3 Å². The van der Waals surface area contributed by atoms with Gasteiger partial charge in [0.05, 0.1) is 19.3 Å².